The van der Waals surface area contributed by atoms with E-state index < -0.39 is 0 Å². The maximum Gasteiger partial charge on any atom is 0.264 e. The van der Waals surface area contributed by atoms with Gasteiger partial charge in [-0.3, -0.25) is 9.69 Å². The van der Waals surface area contributed by atoms with Gasteiger partial charge in [0, 0.05) is 29.4 Å². The third kappa shape index (κ3) is 2.66. The molecule has 1 N–H and O–H groups in total. The topological polar surface area (TPSA) is 67.5 Å². The molecule has 2 aromatic carbocycles. The molecule has 28 heavy (non-hydrogen) atoms. The molecule has 138 valence electrons. The van der Waals surface area contributed by atoms with Crippen LogP contribution >= 0.6 is 0 Å². The molecule has 5 rings (SSSR count). The van der Waals surface area contributed by atoms with Gasteiger partial charge in [0.1, 0.15) is 17.1 Å². The molecule has 0 atom stereocenters. The van der Waals surface area contributed by atoms with Crippen LogP contribution in [0, 0.1) is 0 Å². The highest BCUT2D eigenvalue weighted by molar-refractivity contribution is 6.09. The highest BCUT2D eigenvalue weighted by atomic mass is 16.5. The lowest BCUT2D eigenvalue weighted by molar-refractivity contribution is 0.0937. The van der Waals surface area contributed by atoms with Crippen molar-refractivity contribution in [2.24, 2.45) is 0 Å². The smallest absolute Gasteiger partial charge is 0.264 e. The van der Waals surface area contributed by atoms with Gasteiger partial charge in [-0.1, -0.05) is 12.1 Å². The predicted molar refractivity (Wildman–Crippen MR) is 107 cm³/mol. The Balaban J connectivity index is 1.49. The number of nitrogens with one attached hydrogen (secondary N) is 1. The van der Waals surface area contributed by atoms with E-state index in [1.54, 1.807) is 18.1 Å². The number of carbonyl (C=O) groups excluding carboxylic acids is 1. The maximum atomic E-state index is 13.0. The molecule has 6 heteroatoms. The van der Waals surface area contributed by atoms with Crippen LogP contribution in [0.25, 0.3) is 22.2 Å². The summed E-state index contributed by atoms with van der Waals surface area (Å²) in [7, 11) is 1.60. The number of nitrogens with zero attached hydrogens (tertiary/aromatic N) is 2. The molecule has 0 radical (unpaired) electrons. The van der Waals surface area contributed by atoms with Gasteiger partial charge in [0.25, 0.3) is 5.91 Å². The first-order valence-electron chi connectivity index (χ1n) is 8.89. The first-order chi connectivity index (χ1) is 13.7. The summed E-state index contributed by atoms with van der Waals surface area (Å²) >= 11 is 0. The number of aromatic amines is 1. The average molecular weight is 371 g/mol. The second-order valence-electron chi connectivity index (χ2n) is 6.56. The van der Waals surface area contributed by atoms with E-state index in [9.17, 15) is 4.79 Å². The molecule has 0 fully saturated rings. The summed E-state index contributed by atoms with van der Waals surface area (Å²) in [5.74, 6) is 1.18. The molecule has 2 aromatic heterocycles. The minimum atomic E-state index is -0.0970. The van der Waals surface area contributed by atoms with Gasteiger partial charge in [-0.15, -0.1) is 0 Å². The number of fused-ring (bicyclic) bond motifs is 2. The number of pyridine rings is 1. The van der Waals surface area contributed by atoms with Gasteiger partial charge in [-0.05, 0) is 42.0 Å². The number of hydrogen-bond donors (Lipinski definition) is 1. The van der Waals surface area contributed by atoms with Gasteiger partial charge in [-0.2, -0.15) is 0 Å². The lowest BCUT2D eigenvalue weighted by Crippen LogP contribution is -2.38. The lowest BCUT2D eigenvalue weighted by Gasteiger charge is -2.29. The Hall–Kier alpha value is -3.80. The number of amides is 1. The van der Waals surface area contributed by atoms with Crippen molar-refractivity contribution in [3.8, 4) is 22.6 Å². The van der Waals surface area contributed by atoms with Crippen molar-refractivity contribution in [3.05, 3.63) is 72.6 Å². The molecule has 0 saturated heterocycles. The second-order valence-corrected chi connectivity index (χ2v) is 6.56. The number of carbonyl (C=O) groups is 1. The number of anilines is 1. The summed E-state index contributed by atoms with van der Waals surface area (Å²) in [5.41, 5.74) is 4.05. The van der Waals surface area contributed by atoms with Crippen LogP contribution in [-0.2, 0) is 0 Å². The fourth-order valence-electron chi connectivity index (χ4n) is 3.40. The minimum absolute atomic E-state index is 0.0970. The van der Waals surface area contributed by atoms with Crippen LogP contribution in [0.5, 0.6) is 11.5 Å². The van der Waals surface area contributed by atoms with E-state index >= 15 is 0 Å². The van der Waals surface area contributed by atoms with Gasteiger partial charge in [0.05, 0.1) is 18.4 Å². The van der Waals surface area contributed by atoms with E-state index in [4.69, 9.17) is 9.47 Å². The Morgan fingerprint density at radius 3 is 2.93 bits per heavy atom. The molecule has 0 aliphatic carbocycles. The Kier molecular flexibility index (Phi) is 3.76. The first-order valence-corrected chi connectivity index (χ1v) is 8.89. The normalized spacial score (nSPS) is 13.3. The van der Waals surface area contributed by atoms with Crippen molar-refractivity contribution < 1.29 is 14.3 Å². The third-order valence-corrected chi connectivity index (χ3v) is 4.90. The largest absolute Gasteiger partial charge is 0.497 e. The van der Waals surface area contributed by atoms with E-state index in [0.29, 0.717) is 17.1 Å². The summed E-state index contributed by atoms with van der Waals surface area (Å²) in [4.78, 5) is 22.1. The quantitative estimate of drug-likeness (QED) is 0.585. The number of rotatable bonds is 3. The van der Waals surface area contributed by atoms with Crippen molar-refractivity contribution in [3.63, 3.8) is 0 Å². The fourth-order valence-corrected chi connectivity index (χ4v) is 3.40. The van der Waals surface area contributed by atoms with Crippen LogP contribution in [0.4, 0.5) is 5.69 Å². The summed E-state index contributed by atoms with van der Waals surface area (Å²) in [6, 6.07) is 17.0. The van der Waals surface area contributed by atoms with Gasteiger partial charge in [0.2, 0.25) is 0 Å². The molecular weight excluding hydrogens is 354 g/mol. The van der Waals surface area contributed by atoms with Crippen molar-refractivity contribution in [1.82, 2.24) is 9.97 Å². The van der Waals surface area contributed by atoms with Crippen LogP contribution in [-0.4, -0.2) is 29.7 Å². The average Bonchev–Trinajstić information content (AvgIpc) is 3.21. The molecule has 6 nitrogen and oxygen atoms in total. The van der Waals surface area contributed by atoms with Gasteiger partial charge < -0.3 is 14.5 Å². The molecular formula is C22H17N3O3. The van der Waals surface area contributed by atoms with Crippen molar-refractivity contribution in [1.29, 1.82) is 0 Å². The molecule has 1 aliphatic heterocycles. The van der Waals surface area contributed by atoms with Crippen LogP contribution in [0.15, 0.2) is 67.0 Å². The molecule has 1 amide bonds. The van der Waals surface area contributed by atoms with E-state index in [1.165, 1.54) is 0 Å². The van der Waals surface area contributed by atoms with E-state index in [2.05, 4.69) is 16.0 Å². The van der Waals surface area contributed by atoms with Crippen LogP contribution in [0.1, 0.15) is 10.4 Å². The number of methoxy groups -OCH3 is 1. The molecule has 3 heterocycles. The Morgan fingerprint density at radius 2 is 2.04 bits per heavy atom. The zero-order chi connectivity index (χ0) is 19.1. The van der Waals surface area contributed by atoms with E-state index in [1.807, 2.05) is 54.9 Å². The van der Waals surface area contributed by atoms with Crippen molar-refractivity contribution >= 4 is 22.6 Å². The molecule has 0 saturated carbocycles. The Labute approximate surface area is 161 Å². The van der Waals surface area contributed by atoms with Gasteiger partial charge >= 0.3 is 0 Å². The van der Waals surface area contributed by atoms with Crippen LogP contribution < -0.4 is 14.4 Å². The molecule has 0 bridgehead atoms. The third-order valence-electron chi connectivity index (χ3n) is 4.90. The number of hydrogen-bond acceptors (Lipinski definition) is 4. The molecule has 1 aliphatic rings. The summed E-state index contributed by atoms with van der Waals surface area (Å²) < 4.78 is 11.2. The minimum Gasteiger partial charge on any atom is -0.497 e. The monoisotopic (exact) mass is 371 g/mol. The van der Waals surface area contributed by atoms with Gasteiger partial charge in [0.15, 0.2) is 6.73 Å². The van der Waals surface area contributed by atoms with E-state index in [0.717, 1.165) is 27.8 Å². The zero-order valence-electron chi connectivity index (χ0n) is 15.2. The summed E-state index contributed by atoms with van der Waals surface area (Å²) in [5, 5.41) is 1.04. The van der Waals surface area contributed by atoms with Crippen molar-refractivity contribution in [2.75, 3.05) is 18.7 Å². The molecule has 0 spiro atoms. The first kappa shape index (κ1) is 16.4. The number of benzene rings is 2. The standard InChI is InChI=1S/C22H17N3O3/c1-27-18-4-2-3-17(11-18)25-13-28-20-10-14(5-6-19(20)22(25)26)16-9-15-7-8-23-21(15)24-12-16/h2-12H,13H2,1H3,(H,23,24). The maximum absolute atomic E-state index is 13.0. The Bertz CT molecular complexity index is 1200. The number of H-pyrrole nitrogens is 1. The summed E-state index contributed by atoms with van der Waals surface area (Å²) in [6.45, 7) is 0.150. The molecule has 4 aromatic rings. The molecule has 0 unspecified atom stereocenters. The summed E-state index contributed by atoms with van der Waals surface area (Å²) in [6.07, 6.45) is 3.68. The van der Waals surface area contributed by atoms with Crippen LogP contribution in [0.2, 0.25) is 0 Å². The SMILES string of the molecule is COc1cccc(N2COc3cc(-c4cnc5[nH]ccc5c4)ccc3C2=O)c1. The van der Waals surface area contributed by atoms with Crippen LogP contribution in [0.3, 0.4) is 0 Å². The highest BCUT2D eigenvalue weighted by Gasteiger charge is 2.27. The predicted octanol–water partition coefficient (Wildman–Crippen LogP) is 4.24. The lowest BCUT2D eigenvalue weighted by atomic mass is 10.0. The zero-order valence-corrected chi connectivity index (χ0v) is 15.2. The number of aromatic nitrogens is 2. The van der Waals surface area contributed by atoms with Gasteiger partial charge in [-0.25, -0.2) is 4.98 Å². The number of ether oxygens (including phenoxy) is 2. The Morgan fingerprint density at radius 1 is 1.11 bits per heavy atom. The fraction of sp³-hybridized carbons (Fsp3) is 0.0909. The van der Waals surface area contributed by atoms with E-state index in [-0.39, 0.29) is 12.6 Å². The van der Waals surface area contributed by atoms with Crippen molar-refractivity contribution in [2.45, 2.75) is 0 Å². The highest BCUT2D eigenvalue weighted by Crippen LogP contribution is 2.33. The second kappa shape index (κ2) is 6.42.